The van der Waals surface area contributed by atoms with Crippen LogP contribution in [0.15, 0.2) is 0 Å². The van der Waals surface area contributed by atoms with Gasteiger partial charge in [-0.2, -0.15) is 0 Å². The first kappa shape index (κ1) is 25.4. The summed E-state index contributed by atoms with van der Waals surface area (Å²) in [6.45, 7) is 11.5. The van der Waals surface area contributed by atoms with Gasteiger partial charge in [-0.25, -0.2) is 0 Å². The van der Waals surface area contributed by atoms with Crippen LogP contribution in [0.1, 0.15) is 73.1 Å². The summed E-state index contributed by atoms with van der Waals surface area (Å²) >= 11 is 2.88. The molecule has 0 spiro atoms. The molecule has 0 saturated carbocycles. The molecule has 0 unspecified atom stereocenters. The van der Waals surface area contributed by atoms with Crippen molar-refractivity contribution in [1.82, 2.24) is 4.90 Å². The van der Waals surface area contributed by atoms with Gasteiger partial charge in [0.1, 0.15) is 0 Å². The number of ether oxygens (including phenoxy) is 3. The number of nitrogens with zero attached hydrogens (tertiary/aromatic N) is 1. The van der Waals surface area contributed by atoms with Crippen molar-refractivity contribution < 1.29 is 14.2 Å². The SMILES string of the molecule is CCC[CH2][Sn]([CH2]CCC)([CH2]CCC)[C@@H](OC(=S)N(C)C)[C@@H]1COC(C)(C)O1. The molecule has 0 bridgehead atoms. The van der Waals surface area contributed by atoms with Crippen LogP contribution >= 0.6 is 12.2 Å². The van der Waals surface area contributed by atoms with Gasteiger partial charge in [0.25, 0.3) is 0 Å². The van der Waals surface area contributed by atoms with Crippen LogP contribution in [0.4, 0.5) is 0 Å². The standard InChI is InChI=1S/C9H16NO3S.3C4H9.Sn/c1-9(2)12-6-7(13-9)5-11-8(14)10(3)4;3*1-3-4-2;/h5,7H,6H2,1-4H3;3*1,3-4H2,2H3;/t7-;;;;/m1..../s1. The quantitative estimate of drug-likeness (QED) is 0.247. The van der Waals surface area contributed by atoms with Gasteiger partial charge in [0, 0.05) is 0 Å². The van der Waals surface area contributed by atoms with Gasteiger partial charge in [0.05, 0.1) is 0 Å². The van der Waals surface area contributed by atoms with E-state index in [1.807, 2.05) is 32.8 Å². The molecule has 1 fully saturated rings. The van der Waals surface area contributed by atoms with Crippen LogP contribution in [-0.2, 0) is 14.2 Å². The van der Waals surface area contributed by atoms with Crippen molar-refractivity contribution >= 4 is 35.8 Å². The Morgan fingerprint density at radius 3 is 1.89 bits per heavy atom. The number of hydrogen-bond donors (Lipinski definition) is 0. The van der Waals surface area contributed by atoms with Crippen molar-refractivity contribution in [2.45, 2.75) is 102 Å². The third-order valence-electron chi connectivity index (χ3n) is 5.65. The summed E-state index contributed by atoms with van der Waals surface area (Å²) in [5.41, 5.74) is 0. The van der Waals surface area contributed by atoms with Crippen LogP contribution < -0.4 is 0 Å². The number of unbranched alkanes of at least 4 members (excludes halogenated alkanes) is 3. The van der Waals surface area contributed by atoms with Crippen molar-refractivity contribution in [3.63, 3.8) is 0 Å². The summed E-state index contributed by atoms with van der Waals surface area (Å²) < 4.78 is 23.2. The van der Waals surface area contributed by atoms with E-state index >= 15 is 0 Å². The van der Waals surface area contributed by atoms with Gasteiger partial charge < -0.3 is 0 Å². The van der Waals surface area contributed by atoms with E-state index in [4.69, 9.17) is 26.4 Å². The molecular formula is C21H43NO3SSn. The van der Waals surface area contributed by atoms with E-state index in [-0.39, 0.29) is 10.2 Å². The van der Waals surface area contributed by atoms with Gasteiger partial charge in [0.15, 0.2) is 0 Å². The maximum absolute atomic E-state index is 6.59. The van der Waals surface area contributed by atoms with Crippen LogP contribution in [-0.4, -0.2) is 65.2 Å². The summed E-state index contributed by atoms with van der Waals surface area (Å²) in [5, 5.41) is 0.596. The van der Waals surface area contributed by atoms with E-state index in [1.165, 1.54) is 51.8 Å². The second kappa shape index (κ2) is 12.2. The molecule has 1 aliphatic rings. The van der Waals surface area contributed by atoms with Gasteiger partial charge in [-0.05, 0) is 0 Å². The summed E-state index contributed by atoms with van der Waals surface area (Å²) in [5.74, 6) is -0.524. The van der Waals surface area contributed by atoms with Crippen molar-refractivity contribution in [3.05, 3.63) is 0 Å². The maximum atomic E-state index is 6.59. The molecular weight excluding hydrogens is 465 g/mol. The third-order valence-corrected chi connectivity index (χ3v) is 22.5. The molecule has 0 aliphatic carbocycles. The van der Waals surface area contributed by atoms with Crippen molar-refractivity contribution in [2.24, 2.45) is 0 Å². The molecule has 6 heteroatoms. The molecule has 0 aromatic heterocycles. The van der Waals surface area contributed by atoms with Gasteiger partial charge >= 0.3 is 178 Å². The number of rotatable bonds is 12. The first-order valence-electron chi connectivity index (χ1n) is 10.9. The summed E-state index contributed by atoms with van der Waals surface area (Å²) in [6, 6.07) is 0. The van der Waals surface area contributed by atoms with Gasteiger partial charge in [0.2, 0.25) is 0 Å². The Morgan fingerprint density at radius 1 is 1.07 bits per heavy atom. The Labute approximate surface area is 177 Å². The fraction of sp³-hybridized carbons (Fsp3) is 0.952. The van der Waals surface area contributed by atoms with E-state index in [0.717, 1.165) is 0 Å². The normalized spacial score (nSPS) is 20.5. The predicted octanol–water partition coefficient (Wildman–Crippen LogP) is 5.76. The molecule has 27 heavy (non-hydrogen) atoms. The Kier molecular flexibility index (Phi) is 11.5. The number of thiocarbonyl (C=S) groups is 1. The molecule has 4 nitrogen and oxygen atoms in total. The summed E-state index contributed by atoms with van der Waals surface area (Å²) in [7, 11) is 3.94. The zero-order valence-electron chi connectivity index (χ0n) is 18.8. The third kappa shape index (κ3) is 7.98. The van der Waals surface area contributed by atoms with Crippen LogP contribution in [0.5, 0.6) is 0 Å². The van der Waals surface area contributed by atoms with Gasteiger partial charge in [-0.1, -0.05) is 0 Å². The van der Waals surface area contributed by atoms with E-state index in [0.29, 0.717) is 11.8 Å². The molecule has 0 amide bonds. The topological polar surface area (TPSA) is 30.9 Å². The Hall–Kier alpha value is 0.409. The number of hydrogen-bond acceptors (Lipinski definition) is 4. The zero-order valence-corrected chi connectivity index (χ0v) is 22.5. The molecule has 1 aliphatic heterocycles. The monoisotopic (exact) mass is 509 g/mol. The zero-order chi connectivity index (χ0) is 20.5. The molecule has 1 rings (SSSR count). The van der Waals surface area contributed by atoms with E-state index in [1.54, 1.807) is 0 Å². The minimum absolute atomic E-state index is 0.0132. The first-order chi connectivity index (χ1) is 12.7. The van der Waals surface area contributed by atoms with E-state index < -0.39 is 24.2 Å². The average Bonchev–Trinajstić information content (AvgIpc) is 2.98. The van der Waals surface area contributed by atoms with Crippen molar-refractivity contribution in [1.29, 1.82) is 0 Å². The molecule has 0 N–H and O–H groups in total. The van der Waals surface area contributed by atoms with Crippen LogP contribution in [0, 0.1) is 0 Å². The molecule has 160 valence electrons. The second-order valence-corrected chi connectivity index (χ2v) is 22.8. The Bertz CT molecular complexity index is 423. The van der Waals surface area contributed by atoms with Crippen LogP contribution in [0.25, 0.3) is 0 Å². The van der Waals surface area contributed by atoms with Crippen molar-refractivity contribution in [3.8, 4) is 0 Å². The van der Waals surface area contributed by atoms with Crippen molar-refractivity contribution in [2.75, 3.05) is 20.7 Å². The molecule has 0 radical (unpaired) electrons. The minimum atomic E-state index is -2.71. The Morgan fingerprint density at radius 2 is 1.56 bits per heavy atom. The molecule has 0 aromatic carbocycles. The molecule has 1 saturated heterocycles. The van der Waals surface area contributed by atoms with E-state index in [2.05, 4.69) is 20.8 Å². The van der Waals surface area contributed by atoms with Gasteiger partial charge in [-0.15, -0.1) is 0 Å². The van der Waals surface area contributed by atoms with Crippen LogP contribution in [0.3, 0.4) is 0 Å². The van der Waals surface area contributed by atoms with Crippen LogP contribution in [0.2, 0.25) is 13.3 Å². The summed E-state index contributed by atoms with van der Waals surface area (Å²) in [4.78, 5) is 1.92. The van der Waals surface area contributed by atoms with Gasteiger partial charge in [-0.3, -0.25) is 0 Å². The fourth-order valence-corrected chi connectivity index (χ4v) is 21.8. The fourth-order valence-electron chi connectivity index (χ4n) is 4.06. The first-order valence-corrected chi connectivity index (χ1v) is 19.0. The molecule has 0 aromatic rings. The van der Waals surface area contributed by atoms with E-state index in [9.17, 15) is 0 Å². The molecule has 1 heterocycles. The average molecular weight is 508 g/mol. The second-order valence-electron chi connectivity index (χ2n) is 8.74. The Balaban J connectivity index is 3.23. The summed E-state index contributed by atoms with van der Waals surface area (Å²) in [6.07, 6.45) is 7.65. The molecule has 2 atom stereocenters. The predicted molar refractivity (Wildman–Crippen MR) is 121 cm³/mol.